The zero-order valence-corrected chi connectivity index (χ0v) is 12.4. The van der Waals surface area contributed by atoms with Gasteiger partial charge in [0.2, 0.25) is 0 Å². The lowest BCUT2D eigenvalue weighted by molar-refractivity contribution is 0.0953. The number of rotatable bonds is 5. The molecule has 1 unspecified atom stereocenters. The smallest absolute Gasteiger partial charge is 0.0762 e. The molecule has 1 aromatic rings. The zero-order valence-electron chi connectivity index (χ0n) is 12.4. The van der Waals surface area contributed by atoms with Crippen molar-refractivity contribution in [2.45, 2.75) is 77.1 Å². The van der Waals surface area contributed by atoms with Crippen LogP contribution in [-0.2, 0) is 6.54 Å². The highest BCUT2D eigenvalue weighted by atomic mass is 16.3. The Kier molecular flexibility index (Phi) is 4.63. The van der Waals surface area contributed by atoms with Crippen LogP contribution in [0, 0.1) is 0 Å². The third-order valence-electron chi connectivity index (χ3n) is 4.38. The molecule has 1 heterocycles. The highest BCUT2D eigenvalue weighted by Crippen LogP contribution is 2.27. The molecule has 0 bridgehead atoms. The van der Waals surface area contributed by atoms with E-state index in [-0.39, 0.29) is 11.6 Å². The van der Waals surface area contributed by atoms with E-state index in [4.69, 9.17) is 0 Å². The van der Waals surface area contributed by atoms with Gasteiger partial charge in [-0.05, 0) is 39.7 Å². The largest absolute Gasteiger partial charge is 0.392 e. The highest BCUT2D eigenvalue weighted by molar-refractivity contribution is 5.01. The molecule has 1 aliphatic carbocycles. The topological polar surface area (TPSA) is 50.1 Å². The number of hydrogen-bond donors (Lipinski definition) is 2. The monoisotopic (exact) mass is 265 g/mol. The van der Waals surface area contributed by atoms with Crippen LogP contribution >= 0.6 is 0 Å². The van der Waals surface area contributed by atoms with E-state index in [1.54, 1.807) is 0 Å². The molecule has 19 heavy (non-hydrogen) atoms. The fourth-order valence-corrected chi connectivity index (χ4v) is 2.49. The lowest BCUT2D eigenvalue weighted by Gasteiger charge is -2.29. The van der Waals surface area contributed by atoms with Crippen LogP contribution < -0.4 is 5.32 Å². The van der Waals surface area contributed by atoms with E-state index in [9.17, 15) is 5.11 Å². The molecule has 0 spiro atoms. The summed E-state index contributed by atoms with van der Waals surface area (Å²) in [7, 11) is 0. The van der Waals surface area contributed by atoms with Crippen LogP contribution in [0.25, 0.3) is 0 Å². The third kappa shape index (κ3) is 3.80. The van der Waals surface area contributed by atoms with Crippen molar-refractivity contribution < 1.29 is 5.11 Å². The Morgan fingerprint density at radius 3 is 2.74 bits per heavy atom. The van der Waals surface area contributed by atoms with Crippen LogP contribution in [0.15, 0.2) is 12.3 Å². The molecule has 0 amide bonds. The predicted octanol–water partition coefficient (Wildman–Crippen LogP) is 2.64. The molecule has 1 aliphatic rings. The van der Waals surface area contributed by atoms with E-state index < -0.39 is 0 Å². The van der Waals surface area contributed by atoms with Gasteiger partial charge in [0.05, 0.1) is 17.8 Å². The van der Waals surface area contributed by atoms with Crippen molar-refractivity contribution in [1.29, 1.82) is 0 Å². The van der Waals surface area contributed by atoms with Gasteiger partial charge in [-0.25, -0.2) is 0 Å². The van der Waals surface area contributed by atoms with E-state index in [0.29, 0.717) is 12.6 Å². The fraction of sp³-hybridized carbons (Fsp3) is 0.800. The fourth-order valence-electron chi connectivity index (χ4n) is 2.49. The molecule has 0 aromatic carbocycles. The molecule has 1 atom stereocenters. The summed E-state index contributed by atoms with van der Waals surface area (Å²) in [5, 5.41) is 17.7. The summed E-state index contributed by atoms with van der Waals surface area (Å²) in [4.78, 5) is 0. The van der Waals surface area contributed by atoms with E-state index in [1.165, 1.54) is 32.1 Å². The van der Waals surface area contributed by atoms with Crippen molar-refractivity contribution >= 4 is 0 Å². The maximum Gasteiger partial charge on any atom is 0.0762 e. The van der Waals surface area contributed by atoms with Gasteiger partial charge in [0.25, 0.3) is 0 Å². The second-order valence-electron chi connectivity index (χ2n) is 6.33. The summed E-state index contributed by atoms with van der Waals surface area (Å²) in [5.41, 5.74) is 0.772. The minimum atomic E-state index is -0.382. The normalized spacial score (nSPS) is 19.6. The average Bonchev–Trinajstić information content (AvgIpc) is 2.86. The molecule has 2 N–H and O–H groups in total. The lowest BCUT2D eigenvalue weighted by Crippen LogP contribution is -2.47. The minimum Gasteiger partial charge on any atom is -0.392 e. The van der Waals surface area contributed by atoms with Crippen molar-refractivity contribution in [1.82, 2.24) is 15.1 Å². The van der Waals surface area contributed by atoms with Crippen molar-refractivity contribution in [2.24, 2.45) is 0 Å². The standard InChI is InChI=1S/C15H27N3O/c1-12(19)15(2,3)16-11-13-9-10-18(17-13)14-7-5-4-6-8-14/h9-10,12,14,16,19H,4-8,11H2,1-3H3. The van der Waals surface area contributed by atoms with E-state index >= 15 is 0 Å². The Bertz CT molecular complexity index is 392. The second kappa shape index (κ2) is 6.06. The first-order valence-electron chi connectivity index (χ1n) is 7.46. The maximum absolute atomic E-state index is 9.68. The molecule has 1 fully saturated rings. The molecule has 1 aromatic heterocycles. The predicted molar refractivity (Wildman–Crippen MR) is 76.9 cm³/mol. The van der Waals surface area contributed by atoms with Crippen molar-refractivity contribution in [2.75, 3.05) is 0 Å². The van der Waals surface area contributed by atoms with Crippen LogP contribution in [-0.4, -0.2) is 26.5 Å². The average molecular weight is 265 g/mol. The Morgan fingerprint density at radius 2 is 2.11 bits per heavy atom. The van der Waals surface area contributed by atoms with Gasteiger partial charge >= 0.3 is 0 Å². The molecule has 0 saturated heterocycles. The summed E-state index contributed by atoms with van der Waals surface area (Å²) in [6.45, 7) is 6.54. The third-order valence-corrected chi connectivity index (χ3v) is 4.38. The van der Waals surface area contributed by atoms with Gasteiger partial charge in [0, 0.05) is 18.3 Å². The van der Waals surface area contributed by atoms with Gasteiger partial charge in [-0.2, -0.15) is 5.10 Å². The quantitative estimate of drug-likeness (QED) is 0.860. The molecule has 108 valence electrons. The molecule has 0 radical (unpaired) electrons. The van der Waals surface area contributed by atoms with Crippen LogP contribution in [0.5, 0.6) is 0 Å². The number of aliphatic hydroxyl groups is 1. The molecular formula is C15H27N3O. The Balaban J connectivity index is 1.90. The van der Waals surface area contributed by atoms with Crippen LogP contribution in [0.3, 0.4) is 0 Å². The maximum atomic E-state index is 9.68. The van der Waals surface area contributed by atoms with Gasteiger partial charge in [0.15, 0.2) is 0 Å². The molecule has 1 saturated carbocycles. The van der Waals surface area contributed by atoms with Crippen LogP contribution in [0.4, 0.5) is 0 Å². The van der Waals surface area contributed by atoms with Crippen molar-refractivity contribution in [3.63, 3.8) is 0 Å². The van der Waals surface area contributed by atoms with Crippen molar-refractivity contribution in [3.8, 4) is 0 Å². The molecular weight excluding hydrogens is 238 g/mol. The number of aliphatic hydroxyl groups excluding tert-OH is 1. The molecule has 4 heteroatoms. The van der Waals surface area contributed by atoms with Gasteiger partial charge < -0.3 is 10.4 Å². The zero-order chi connectivity index (χ0) is 13.9. The number of nitrogens with zero attached hydrogens (tertiary/aromatic N) is 2. The van der Waals surface area contributed by atoms with Gasteiger partial charge in [-0.3, -0.25) is 4.68 Å². The lowest BCUT2D eigenvalue weighted by atomic mass is 9.96. The summed E-state index contributed by atoms with van der Waals surface area (Å²) in [5.74, 6) is 0. The molecule has 0 aliphatic heterocycles. The van der Waals surface area contributed by atoms with E-state index in [1.807, 2.05) is 20.8 Å². The first-order chi connectivity index (χ1) is 8.99. The SMILES string of the molecule is CC(O)C(C)(C)NCc1ccn(C2CCCCC2)n1. The Hall–Kier alpha value is -0.870. The molecule has 4 nitrogen and oxygen atoms in total. The Morgan fingerprint density at radius 1 is 1.42 bits per heavy atom. The first-order valence-corrected chi connectivity index (χ1v) is 7.46. The number of hydrogen-bond acceptors (Lipinski definition) is 3. The summed E-state index contributed by atoms with van der Waals surface area (Å²) < 4.78 is 2.13. The van der Waals surface area contributed by atoms with E-state index in [2.05, 4.69) is 27.4 Å². The first kappa shape index (κ1) is 14.5. The number of aromatic nitrogens is 2. The van der Waals surface area contributed by atoms with Gasteiger partial charge in [0.1, 0.15) is 0 Å². The minimum absolute atomic E-state index is 0.283. The summed E-state index contributed by atoms with van der Waals surface area (Å²) >= 11 is 0. The highest BCUT2D eigenvalue weighted by Gasteiger charge is 2.23. The van der Waals surface area contributed by atoms with E-state index in [0.717, 1.165) is 5.69 Å². The molecule has 2 rings (SSSR count). The van der Waals surface area contributed by atoms with Gasteiger partial charge in [-0.1, -0.05) is 19.3 Å². The second-order valence-corrected chi connectivity index (χ2v) is 6.33. The number of nitrogens with one attached hydrogen (secondary N) is 1. The van der Waals surface area contributed by atoms with Crippen molar-refractivity contribution in [3.05, 3.63) is 18.0 Å². The van der Waals surface area contributed by atoms with Crippen LogP contribution in [0.1, 0.15) is 64.6 Å². The van der Waals surface area contributed by atoms with Gasteiger partial charge in [-0.15, -0.1) is 0 Å². The Labute approximate surface area is 116 Å². The van der Waals surface area contributed by atoms with Crippen LogP contribution in [0.2, 0.25) is 0 Å². The summed E-state index contributed by atoms with van der Waals surface area (Å²) in [6, 6.07) is 2.67. The summed E-state index contributed by atoms with van der Waals surface area (Å²) in [6.07, 6.45) is 8.26.